The van der Waals surface area contributed by atoms with Crippen molar-refractivity contribution in [3.63, 3.8) is 0 Å². The minimum atomic E-state index is -0.254. The molecule has 0 radical (unpaired) electrons. The summed E-state index contributed by atoms with van der Waals surface area (Å²) in [6, 6.07) is 6.75. The third-order valence-electron chi connectivity index (χ3n) is 4.99. The van der Waals surface area contributed by atoms with Gasteiger partial charge in [-0.15, -0.1) is 0 Å². The highest BCUT2D eigenvalue weighted by Gasteiger charge is 2.35. The van der Waals surface area contributed by atoms with Crippen LogP contribution in [0.5, 0.6) is 0 Å². The van der Waals surface area contributed by atoms with Gasteiger partial charge in [-0.05, 0) is 36.5 Å². The summed E-state index contributed by atoms with van der Waals surface area (Å²) in [7, 11) is 0. The van der Waals surface area contributed by atoms with E-state index in [1.165, 1.54) is 17.7 Å². The molecule has 1 unspecified atom stereocenters. The van der Waals surface area contributed by atoms with E-state index < -0.39 is 0 Å². The van der Waals surface area contributed by atoms with Crippen LogP contribution >= 0.6 is 0 Å². The van der Waals surface area contributed by atoms with E-state index in [0.717, 1.165) is 30.8 Å². The highest BCUT2D eigenvalue weighted by atomic mass is 19.1. The molecule has 0 saturated heterocycles. The van der Waals surface area contributed by atoms with Gasteiger partial charge in [0.1, 0.15) is 5.82 Å². The van der Waals surface area contributed by atoms with Gasteiger partial charge < -0.3 is 10.4 Å². The molecule has 3 rings (SSSR count). The predicted molar refractivity (Wildman–Crippen MR) is 97.2 cm³/mol. The highest BCUT2D eigenvalue weighted by Crippen LogP contribution is 2.41. The molecular formula is C20H28FN3O. The Morgan fingerprint density at radius 1 is 1.40 bits per heavy atom. The van der Waals surface area contributed by atoms with E-state index in [-0.39, 0.29) is 29.3 Å². The van der Waals surface area contributed by atoms with Crippen LogP contribution in [0, 0.1) is 16.6 Å². The van der Waals surface area contributed by atoms with Gasteiger partial charge in [-0.2, -0.15) is 5.10 Å². The molecule has 1 atom stereocenters. The van der Waals surface area contributed by atoms with E-state index in [1.54, 1.807) is 6.07 Å². The molecule has 1 aromatic carbocycles. The molecule has 1 aliphatic rings. The maximum Gasteiger partial charge on any atom is 0.125 e. The summed E-state index contributed by atoms with van der Waals surface area (Å²) in [4.78, 5) is 0. The number of aromatic nitrogens is 2. The molecule has 0 aliphatic heterocycles. The van der Waals surface area contributed by atoms with Gasteiger partial charge in [0, 0.05) is 35.9 Å². The lowest BCUT2D eigenvalue weighted by molar-refractivity contribution is 0.146. The molecule has 0 saturated carbocycles. The molecule has 1 heterocycles. The van der Waals surface area contributed by atoms with Gasteiger partial charge in [0.2, 0.25) is 0 Å². The van der Waals surface area contributed by atoms with E-state index in [9.17, 15) is 9.50 Å². The van der Waals surface area contributed by atoms with Crippen molar-refractivity contribution in [2.75, 3.05) is 13.2 Å². The van der Waals surface area contributed by atoms with Crippen LogP contribution in [0.25, 0.3) is 5.69 Å². The Morgan fingerprint density at radius 3 is 2.84 bits per heavy atom. The van der Waals surface area contributed by atoms with Crippen molar-refractivity contribution in [1.82, 2.24) is 15.1 Å². The van der Waals surface area contributed by atoms with Crippen molar-refractivity contribution in [3.05, 3.63) is 47.5 Å². The number of nitrogens with one attached hydrogen (secondary N) is 1. The predicted octanol–water partition coefficient (Wildman–Crippen LogP) is 3.63. The third-order valence-corrected chi connectivity index (χ3v) is 4.99. The molecule has 1 aliphatic carbocycles. The smallest absolute Gasteiger partial charge is 0.125 e. The SMILES string of the molecule is CC(C)(CO)CNC1CC(C)(C)Cc2c1cnn2-c1cccc(F)c1. The molecule has 0 spiro atoms. The van der Waals surface area contributed by atoms with Gasteiger partial charge in [0.25, 0.3) is 0 Å². The number of fused-ring (bicyclic) bond motifs is 1. The number of aliphatic hydroxyl groups excluding tert-OH is 1. The van der Waals surface area contributed by atoms with Gasteiger partial charge in [-0.1, -0.05) is 33.8 Å². The average Bonchev–Trinajstić information content (AvgIpc) is 2.95. The summed E-state index contributed by atoms with van der Waals surface area (Å²) in [5, 5.41) is 17.7. The second kappa shape index (κ2) is 6.54. The van der Waals surface area contributed by atoms with Crippen LogP contribution in [-0.4, -0.2) is 28.0 Å². The molecule has 136 valence electrons. The van der Waals surface area contributed by atoms with E-state index >= 15 is 0 Å². The zero-order valence-electron chi connectivity index (χ0n) is 15.5. The average molecular weight is 345 g/mol. The van der Waals surface area contributed by atoms with Crippen LogP contribution in [0.15, 0.2) is 30.5 Å². The fourth-order valence-electron chi connectivity index (χ4n) is 3.51. The number of benzene rings is 1. The number of rotatable bonds is 5. The normalized spacial score (nSPS) is 19.7. The second-order valence-electron chi connectivity index (χ2n) is 8.74. The van der Waals surface area contributed by atoms with Crippen LogP contribution in [-0.2, 0) is 6.42 Å². The molecule has 2 N–H and O–H groups in total. The molecule has 0 amide bonds. The Bertz CT molecular complexity index is 751. The van der Waals surface area contributed by atoms with E-state index in [4.69, 9.17) is 0 Å². The second-order valence-corrected chi connectivity index (χ2v) is 8.74. The number of aliphatic hydroxyl groups is 1. The van der Waals surface area contributed by atoms with Crippen molar-refractivity contribution < 1.29 is 9.50 Å². The molecule has 1 aromatic heterocycles. The monoisotopic (exact) mass is 345 g/mol. The minimum Gasteiger partial charge on any atom is -0.396 e. The first-order valence-electron chi connectivity index (χ1n) is 8.88. The van der Waals surface area contributed by atoms with Crippen LogP contribution in [0.1, 0.15) is 51.4 Å². The summed E-state index contributed by atoms with van der Waals surface area (Å²) in [6.07, 6.45) is 3.82. The molecule has 25 heavy (non-hydrogen) atoms. The Kier molecular flexibility index (Phi) is 4.73. The fraction of sp³-hybridized carbons (Fsp3) is 0.550. The van der Waals surface area contributed by atoms with Gasteiger partial charge in [0.15, 0.2) is 0 Å². The number of hydrogen-bond donors (Lipinski definition) is 2. The molecular weight excluding hydrogens is 317 g/mol. The lowest BCUT2D eigenvalue weighted by atomic mass is 9.74. The van der Waals surface area contributed by atoms with Crippen molar-refractivity contribution in [2.24, 2.45) is 10.8 Å². The Morgan fingerprint density at radius 2 is 2.16 bits per heavy atom. The summed E-state index contributed by atoms with van der Waals surface area (Å²) >= 11 is 0. The summed E-state index contributed by atoms with van der Waals surface area (Å²) in [6.45, 7) is 9.48. The van der Waals surface area contributed by atoms with Crippen molar-refractivity contribution >= 4 is 0 Å². The maximum atomic E-state index is 13.6. The largest absolute Gasteiger partial charge is 0.396 e. The molecule has 5 heteroatoms. The molecule has 4 nitrogen and oxygen atoms in total. The Balaban J connectivity index is 1.94. The lowest BCUT2D eigenvalue weighted by Crippen LogP contribution is -2.39. The molecule has 2 aromatic rings. The summed E-state index contributed by atoms with van der Waals surface area (Å²) < 4.78 is 15.5. The Labute approximate surface area is 149 Å². The summed E-state index contributed by atoms with van der Waals surface area (Å²) in [5.74, 6) is -0.254. The first kappa shape index (κ1) is 18.1. The van der Waals surface area contributed by atoms with Gasteiger partial charge in [-0.3, -0.25) is 0 Å². The van der Waals surface area contributed by atoms with Crippen LogP contribution in [0.2, 0.25) is 0 Å². The van der Waals surface area contributed by atoms with Crippen molar-refractivity contribution in [1.29, 1.82) is 0 Å². The fourth-order valence-corrected chi connectivity index (χ4v) is 3.51. The van der Waals surface area contributed by atoms with E-state index in [2.05, 4.69) is 24.3 Å². The van der Waals surface area contributed by atoms with Crippen molar-refractivity contribution in [3.8, 4) is 5.69 Å². The number of halogens is 1. The maximum absolute atomic E-state index is 13.6. The third kappa shape index (κ3) is 3.93. The number of nitrogens with zero attached hydrogens (tertiary/aromatic N) is 2. The minimum absolute atomic E-state index is 0.124. The van der Waals surface area contributed by atoms with Crippen LogP contribution in [0.4, 0.5) is 4.39 Å². The zero-order valence-corrected chi connectivity index (χ0v) is 15.5. The quantitative estimate of drug-likeness (QED) is 0.870. The zero-order chi connectivity index (χ0) is 18.2. The molecule has 0 fully saturated rings. The standard InChI is InChI=1S/C20H28FN3O/c1-19(2)9-17(22-12-20(3,4)13-25)16-11-23-24(18(16)10-19)15-7-5-6-14(21)8-15/h5-8,11,17,22,25H,9-10,12-13H2,1-4H3. The highest BCUT2D eigenvalue weighted by molar-refractivity contribution is 5.38. The Hall–Kier alpha value is -1.72. The van der Waals surface area contributed by atoms with E-state index in [0.29, 0.717) is 0 Å². The number of hydrogen-bond acceptors (Lipinski definition) is 3. The van der Waals surface area contributed by atoms with Gasteiger partial charge >= 0.3 is 0 Å². The topological polar surface area (TPSA) is 50.1 Å². The lowest BCUT2D eigenvalue weighted by Gasteiger charge is -2.37. The van der Waals surface area contributed by atoms with Crippen LogP contribution in [0.3, 0.4) is 0 Å². The summed E-state index contributed by atoms with van der Waals surface area (Å²) in [5.41, 5.74) is 3.03. The first-order chi connectivity index (χ1) is 11.7. The van der Waals surface area contributed by atoms with Crippen molar-refractivity contribution in [2.45, 2.75) is 46.6 Å². The van der Waals surface area contributed by atoms with Gasteiger partial charge in [0.05, 0.1) is 11.9 Å². The first-order valence-corrected chi connectivity index (χ1v) is 8.88. The van der Waals surface area contributed by atoms with Gasteiger partial charge in [-0.25, -0.2) is 9.07 Å². The molecule has 0 bridgehead atoms. The van der Waals surface area contributed by atoms with Crippen LogP contribution < -0.4 is 5.32 Å². The van der Waals surface area contributed by atoms with E-state index in [1.807, 2.05) is 30.8 Å².